The summed E-state index contributed by atoms with van der Waals surface area (Å²) in [6, 6.07) is 2.41. The van der Waals surface area contributed by atoms with E-state index in [1.165, 1.54) is 23.7 Å². The van der Waals surface area contributed by atoms with E-state index >= 15 is 4.39 Å². The summed E-state index contributed by atoms with van der Waals surface area (Å²) in [4.78, 5) is 50.3. The fourth-order valence-corrected chi connectivity index (χ4v) is 6.53. The average Bonchev–Trinajstić information content (AvgIpc) is 3.26. The second kappa shape index (κ2) is 13.3. The standard InChI is InChI=1S/C33H46FN5O6/c1-8-22-29-25(16-33(3,4)17-26(29)41)38(37-22)24-14-13-21(32(35)43)31(30(24)34)36-23-11-9-10-12-27(23)45-28(42)15-20(44-19(2)40)18-39(5,6)7/h13-14,20,23,27H,8-12,15-18H2,1-7H3,(H2-,35,36,43)/p+1. The lowest BCUT2D eigenvalue weighted by Gasteiger charge is -2.34. The predicted octanol–water partition coefficient (Wildman–Crippen LogP) is 4.12. The maximum Gasteiger partial charge on any atom is 0.310 e. The molecule has 3 unspecified atom stereocenters. The Morgan fingerprint density at radius 1 is 1.18 bits per heavy atom. The minimum atomic E-state index is -0.815. The lowest BCUT2D eigenvalue weighted by atomic mass is 9.75. The van der Waals surface area contributed by atoms with Crippen molar-refractivity contribution in [2.45, 2.75) is 97.3 Å². The maximum absolute atomic E-state index is 16.6. The van der Waals surface area contributed by atoms with Crippen LogP contribution in [-0.4, -0.2) is 83.8 Å². The molecule has 2 aliphatic rings. The van der Waals surface area contributed by atoms with E-state index in [0.717, 1.165) is 12.8 Å². The van der Waals surface area contributed by atoms with Crippen LogP contribution < -0.4 is 11.1 Å². The monoisotopic (exact) mass is 628 g/mol. The van der Waals surface area contributed by atoms with E-state index in [4.69, 9.17) is 15.2 Å². The number of anilines is 1. The van der Waals surface area contributed by atoms with E-state index in [2.05, 4.69) is 10.4 Å². The lowest BCUT2D eigenvalue weighted by Crippen LogP contribution is -2.45. The number of benzene rings is 1. The first kappa shape index (κ1) is 34.1. The third kappa shape index (κ3) is 8.08. The summed E-state index contributed by atoms with van der Waals surface area (Å²) in [6.07, 6.45) is 2.74. The largest absolute Gasteiger partial charge is 0.460 e. The highest BCUT2D eigenvalue weighted by Gasteiger charge is 2.38. The number of quaternary nitrogens is 1. The molecular formula is C33H47FN5O6+. The van der Waals surface area contributed by atoms with Crippen molar-refractivity contribution < 1.29 is 37.5 Å². The van der Waals surface area contributed by atoms with E-state index < -0.39 is 41.9 Å². The molecule has 0 radical (unpaired) electrons. The number of nitrogens with one attached hydrogen (secondary N) is 1. The van der Waals surface area contributed by atoms with Gasteiger partial charge in [0.05, 0.1) is 61.8 Å². The van der Waals surface area contributed by atoms with E-state index in [-0.39, 0.29) is 34.6 Å². The zero-order valence-electron chi connectivity index (χ0n) is 27.5. The van der Waals surface area contributed by atoms with Gasteiger partial charge in [0.15, 0.2) is 17.7 Å². The number of nitrogens with zero attached hydrogens (tertiary/aromatic N) is 3. The molecule has 2 aliphatic carbocycles. The lowest BCUT2D eigenvalue weighted by molar-refractivity contribution is -0.873. The number of aryl methyl sites for hydroxylation is 1. The highest BCUT2D eigenvalue weighted by Crippen LogP contribution is 2.39. The Morgan fingerprint density at radius 2 is 1.87 bits per heavy atom. The van der Waals surface area contributed by atoms with Gasteiger partial charge in [-0.15, -0.1) is 0 Å². The zero-order chi connectivity index (χ0) is 33.3. The van der Waals surface area contributed by atoms with Gasteiger partial charge in [-0.05, 0) is 49.7 Å². The van der Waals surface area contributed by atoms with Crippen molar-refractivity contribution >= 4 is 29.3 Å². The Hall–Kier alpha value is -3.80. The van der Waals surface area contributed by atoms with Gasteiger partial charge in [-0.2, -0.15) is 5.10 Å². The predicted molar refractivity (Wildman–Crippen MR) is 167 cm³/mol. The number of Topliss-reactive ketones (excluding diaryl/α,β-unsaturated/α-hetero) is 1. The number of carbonyl (C=O) groups is 4. The Bertz CT molecular complexity index is 1480. The summed E-state index contributed by atoms with van der Waals surface area (Å²) in [5.41, 5.74) is 7.11. The zero-order valence-corrected chi connectivity index (χ0v) is 27.5. The van der Waals surface area contributed by atoms with Gasteiger partial charge >= 0.3 is 11.9 Å². The van der Waals surface area contributed by atoms with Gasteiger partial charge in [-0.1, -0.05) is 27.2 Å². The average molecular weight is 629 g/mol. The van der Waals surface area contributed by atoms with Gasteiger partial charge in [0.2, 0.25) is 0 Å². The van der Waals surface area contributed by atoms with E-state index in [1.54, 1.807) is 0 Å². The fourth-order valence-electron chi connectivity index (χ4n) is 6.53. The van der Waals surface area contributed by atoms with Crippen molar-refractivity contribution in [1.82, 2.24) is 9.78 Å². The fraction of sp³-hybridized carbons (Fsp3) is 0.606. The number of esters is 2. The highest BCUT2D eigenvalue weighted by molar-refractivity contribution is 6.00. The normalized spacial score (nSPS) is 20.2. The minimum absolute atomic E-state index is 0.0129. The van der Waals surface area contributed by atoms with E-state index in [0.29, 0.717) is 60.1 Å². The van der Waals surface area contributed by atoms with E-state index in [1.807, 2.05) is 41.9 Å². The number of nitrogens with two attached hydrogens (primary N) is 1. The number of hydrogen-bond donors (Lipinski definition) is 2. The molecule has 3 atom stereocenters. The molecule has 0 saturated heterocycles. The van der Waals surface area contributed by atoms with Crippen LogP contribution in [0.3, 0.4) is 0 Å². The maximum atomic E-state index is 16.6. The number of ether oxygens (including phenoxy) is 2. The molecule has 1 heterocycles. The smallest absolute Gasteiger partial charge is 0.310 e. The molecule has 1 amide bonds. The van der Waals surface area contributed by atoms with Crippen LogP contribution in [-0.2, 0) is 31.9 Å². The quantitative estimate of drug-likeness (QED) is 0.280. The van der Waals surface area contributed by atoms with Gasteiger partial charge in [-0.3, -0.25) is 19.2 Å². The van der Waals surface area contributed by atoms with Crippen LogP contribution in [0.4, 0.5) is 10.1 Å². The molecule has 4 rings (SSSR count). The molecule has 11 nitrogen and oxygen atoms in total. The first-order valence-corrected chi connectivity index (χ1v) is 15.7. The molecule has 1 aromatic carbocycles. The van der Waals surface area contributed by atoms with Crippen LogP contribution in [0.15, 0.2) is 12.1 Å². The Labute approximate surface area is 264 Å². The first-order valence-electron chi connectivity index (χ1n) is 15.7. The number of fused-ring (bicyclic) bond motifs is 1. The SMILES string of the molecule is CCc1nn(-c2ccc(C(N)=O)c(NC3CCCCC3OC(=O)CC(C[N+](C)(C)C)OC(C)=O)c2F)c2c1C(=O)CC(C)(C)C2. The molecule has 0 aliphatic heterocycles. The third-order valence-corrected chi connectivity index (χ3v) is 8.36. The van der Waals surface area contributed by atoms with Crippen LogP contribution in [0.25, 0.3) is 5.69 Å². The summed E-state index contributed by atoms with van der Waals surface area (Å²) < 4.78 is 29.8. The molecule has 45 heavy (non-hydrogen) atoms. The third-order valence-electron chi connectivity index (χ3n) is 8.36. The minimum Gasteiger partial charge on any atom is -0.460 e. The molecule has 2 aromatic rings. The van der Waals surface area contributed by atoms with Gasteiger partial charge in [0.1, 0.15) is 18.3 Å². The molecule has 1 aromatic heterocycles. The molecule has 12 heteroatoms. The van der Waals surface area contributed by atoms with Gasteiger partial charge in [0.25, 0.3) is 5.91 Å². The van der Waals surface area contributed by atoms with Crippen LogP contribution in [0.2, 0.25) is 0 Å². The highest BCUT2D eigenvalue weighted by atomic mass is 19.1. The van der Waals surface area contributed by atoms with Crippen molar-refractivity contribution in [1.29, 1.82) is 0 Å². The number of rotatable bonds is 11. The Morgan fingerprint density at radius 3 is 2.49 bits per heavy atom. The first-order chi connectivity index (χ1) is 21.0. The van der Waals surface area contributed by atoms with Gasteiger partial charge < -0.3 is 25.0 Å². The number of carbonyl (C=O) groups excluding carboxylic acids is 4. The van der Waals surface area contributed by atoms with Crippen molar-refractivity contribution in [2.24, 2.45) is 11.1 Å². The summed E-state index contributed by atoms with van der Waals surface area (Å²) in [5, 5.41) is 7.82. The van der Waals surface area contributed by atoms with Crippen molar-refractivity contribution in [2.75, 3.05) is 33.0 Å². The number of likely N-dealkylation sites (N-methyl/N-ethyl adjacent to an activating group) is 1. The number of primary amides is 1. The summed E-state index contributed by atoms with van der Waals surface area (Å²) in [6.45, 7) is 7.62. The Kier molecular flexibility index (Phi) is 10.1. The van der Waals surface area contributed by atoms with Gasteiger partial charge in [-0.25, -0.2) is 9.07 Å². The van der Waals surface area contributed by atoms with Crippen molar-refractivity contribution in [3.05, 3.63) is 40.5 Å². The van der Waals surface area contributed by atoms with Crippen LogP contribution >= 0.6 is 0 Å². The van der Waals surface area contributed by atoms with Gasteiger partial charge in [0, 0.05) is 13.3 Å². The summed E-state index contributed by atoms with van der Waals surface area (Å²) in [7, 11) is 5.80. The second-order valence-electron chi connectivity index (χ2n) is 14.1. The number of aromatic nitrogens is 2. The van der Waals surface area contributed by atoms with Crippen LogP contribution in [0.1, 0.15) is 98.3 Å². The summed E-state index contributed by atoms with van der Waals surface area (Å²) in [5.74, 6) is -2.57. The molecule has 246 valence electrons. The molecule has 1 fully saturated rings. The number of hydrogen-bond acceptors (Lipinski definition) is 8. The second-order valence-corrected chi connectivity index (χ2v) is 14.1. The Balaban J connectivity index is 1.65. The van der Waals surface area contributed by atoms with Crippen molar-refractivity contribution in [3.8, 4) is 5.69 Å². The molecule has 1 saturated carbocycles. The topological polar surface area (TPSA) is 143 Å². The van der Waals surface area contributed by atoms with E-state index in [9.17, 15) is 19.2 Å². The number of halogens is 1. The number of amides is 1. The van der Waals surface area contributed by atoms with Crippen LogP contribution in [0.5, 0.6) is 0 Å². The van der Waals surface area contributed by atoms with Crippen molar-refractivity contribution in [3.63, 3.8) is 0 Å². The molecule has 3 N–H and O–H groups in total. The molecular weight excluding hydrogens is 581 g/mol. The molecule has 0 bridgehead atoms. The summed E-state index contributed by atoms with van der Waals surface area (Å²) >= 11 is 0. The number of ketones is 1. The molecule has 0 spiro atoms. The van der Waals surface area contributed by atoms with Crippen LogP contribution in [0, 0.1) is 11.2 Å².